The molecule has 27 heavy (non-hydrogen) atoms. The highest BCUT2D eigenvalue weighted by atomic mass is 127. The molecule has 0 saturated carbocycles. The zero-order chi connectivity index (χ0) is 18.7. The summed E-state index contributed by atoms with van der Waals surface area (Å²) >= 11 is 4.35. The molecule has 3 aromatic heterocycles. The van der Waals surface area contributed by atoms with Gasteiger partial charge in [-0.25, -0.2) is 9.97 Å². The van der Waals surface area contributed by atoms with Crippen molar-refractivity contribution >= 4 is 62.9 Å². The van der Waals surface area contributed by atoms with Crippen molar-refractivity contribution in [3.05, 3.63) is 50.8 Å². The van der Waals surface area contributed by atoms with Crippen LogP contribution in [0.3, 0.4) is 0 Å². The van der Waals surface area contributed by atoms with E-state index in [1.165, 1.54) is 0 Å². The van der Waals surface area contributed by atoms with E-state index in [4.69, 9.17) is 0 Å². The molecule has 0 aliphatic carbocycles. The quantitative estimate of drug-likeness (QED) is 0.280. The van der Waals surface area contributed by atoms with Gasteiger partial charge in [0.15, 0.2) is 11.7 Å². The van der Waals surface area contributed by atoms with E-state index in [1.54, 1.807) is 7.05 Å². The number of thiazole rings is 1. The van der Waals surface area contributed by atoms with E-state index in [9.17, 15) is 13.2 Å². The summed E-state index contributed by atoms with van der Waals surface area (Å²) in [6.45, 7) is 0.573. The molecule has 0 unspecified atom stereocenters. The first-order valence-corrected chi connectivity index (χ1v) is 9.11. The standard InChI is InChI=1S/C15H14BrF3N6S.HI/c1-20-14(22-5-13-24-11(8-26-13)15(17,18)19)21-4-10-7-25-6-9(16)2-3-12(25)23-10;/h2-3,6-8H,4-5H2,1H3,(H2,20,21,22);1H. The summed E-state index contributed by atoms with van der Waals surface area (Å²) in [5.41, 5.74) is 0.744. The van der Waals surface area contributed by atoms with Crippen LogP contribution in [0.25, 0.3) is 5.65 Å². The van der Waals surface area contributed by atoms with Gasteiger partial charge in [-0.1, -0.05) is 0 Å². The molecule has 0 spiro atoms. The van der Waals surface area contributed by atoms with Gasteiger partial charge in [-0.2, -0.15) is 13.2 Å². The van der Waals surface area contributed by atoms with Gasteiger partial charge in [-0.3, -0.25) is 4.99 Å². The normalized spacial score (nSPS) is 12.1. The Morgan fingerprint density at radius 2 is 1.96 bits per heavy atom. The smallest absolute Gasteiger partial charge is 0.351 e. The molecule has 0 aromatic carbocycles. The summed E-state index contributed by atoms with van der Waals surface area (Å²) in [4.78, 5) is 12.1. The van der Waals surface area contributed by atoms with Gasteiger partial charge in [0.25, 0.3) is 0 Å². The largest absolute Gasteiger partial charge is 0.434 e. The Kier molecular flexibility index (Phi) is 7.45. The third kappa shape index (κ3) is 5.78. The molecule has 6 nitrogen and oxygen atoms in total. The molecule has 0 amide bonds. The second-order valence-corrected chi connectivity index (χ2v) is 7.11. The Hall–Kier alpha value is -1.41. The van der Waals surface area contributed by atoms with Crippen LogP contribution < -0.4 is 10.6 Å². The molecule has 0 aliphatic heterocycles. The first-order valence-electron chi connectivity index (χ1n) is 7.44. The Labute approximate surface area is 182 Å². The van der Waals surface area contributed by atoms with Crippen LogP contribution in [-0.4, -0.2) is 27.4 Å². The number of alkyl halides is 3. The van der Waals surface area contributed by atoms with Crippen molar-refractivity contribution in [2.24, 2.45) is 4.99 Å². The van der Waals surface area contributed by atoms with Crippen molar-refractivity contribution in [2.45, 2.75) is 19.3 Å². The minimum absolute atomic E-state index is 0. The lowest BCUT2D eigenvalue weighted by Gasteiger charge is -2.09. The van der Waals surface area contributed by atoms with Gasteiger partial charge in [-0.15, -0.1) is 35.3 Å². The third-order valence-electron chi connectivity index (χ3n) is 3.37. The number of fused-ring (bicyclic) bond motifs is 1. The van der Waals surface area contributed by atoms with Crippen LogP contribution in [0, 0.1) is 0 Å². The van der Waals surface area contributed by atoms with Crippen molar-refractivity contribution in [3.63, 3.8) is 0 Å². The van der Waals surface area contributed by atoms with E-state index in [0.717, 1.165) is 32.5 Å². The average molecular weight is 575 g/mol. The van der Waals surface area contributed by atoms with Crippen molar-refractivity contribution in [1.82, 2.24) is 25.0 Å². The Morgan fingerprint density at radius 1 is 1.22 bits per heavy atom. The van der Waals surface area contributed by atoms with Crippen LogP contribution in [0.5, 0.6) is 0 Å². The summed E-state index contributed by atoms with van der Waals surface area (Å²) in [5.74, 6) is 0.451. The number of aliphatic imine (C=N–C) groups is 1. The number of hydrogen-bond donors (Lipinski definition) is 2. The van der Waals surface area contributed by atoms with E-state index in [2.05, 4.69) is 41.5 Å². The maximum Gasteiger partial charge on any atom is 0.434 e. The van der Waals surface area contributed by atoms with Crippen molar-refractivity contribution in [1.29, 1.82) is 0 Å². The fraction of sp³-hybridized carbons (Fsp3) is 0.267. The van der Waals surface area contributed by atoms with Crippen molar-refractivity contribution < 1.29 is 13.2 Å². The monoisotopic (exact) mass is 574 g/mol. The number of halogens is 5. The maximum absolute atomic E-state index is 12.6. The van der Waals surface area contributed by atoms with Crippen molar-refractivity contribution in [2.75, 3.05) is 7.05 Å². The average Bonchev–Trinajstić information content (AvgIpc) is 3.20. The highest BCUT2D eigenvalue weighted by molar-refractivity contribution is 14.0. The van der Waals surface area contributed by atoms with Gasteiger partial charge in [-0.05, 0) is 28.1 Å². The van der Waals surface area contributed by atoms with Gasteiger partial charge >= 0.3 is 6.18 Å². The Balaban J connectivity index is 0.00000261. The predicted molar refractivity (Wildman–Crippen MR) is 112 cm³/mol. The highest BCUT2D eigenvalue weighted by Crippen LogP contribution is 2.29. The third-order valence-corrected chi connectivity index (χ3v) is 4.69. The van der Waals surface area contributed by atoms with Crippen molar-refractivity contribution in [3.8, 4) is 0 Å². The number of pyridine rings is 1. The summed E-state index contributed by atoms with van der Waals surface area (Å²) in [6.07, 6.45) is -0.636. The second kappa shape index (κ2) is 9.19. The molecule has 3 aromatic rings. The first-order chi connectivity index (χ1) is 12.3. The summed E-state index contributed by atoms with van der Waals surface area (Å²) in [5, 5.41) is 7.35. The van der Waals surface area contributed by atoms with Gasteiger partial charge in [0.1, 0.15) is 10.7 Å². The lowest BCUT2D eigenvalue weighted by Crippen LogP contribution is -2.36. The second-order valence-electron chi connectivity index (χ2n) is 5.25. The molecule has 0 aliphatic rings. The Morgan fingerprint density at radius 3 is 2.63 bits per heavy atom. The number of imidazole rings is 1. The zero-order valence-electron chi connectivity index (χ0n) is 13.9. The van der Waals surface area contributed by atoms with Crippen LogP contribution in [0.1, 0.15) is 16.4 Å². The number of nitrogens with zero attached hydrogens (tertiary/aromatic N) is 4. The number of guanidine groups is 1. The summed E-state index contributed by atoms with van der Waals surface area (Å²) in [7, 11) is 1.58. The predicted octanol–water partition coefficient (Wildman–Crippen LogP) is 4.06. The molecular formula is C15H15BrF3IN6S. The molecule has 0 saturated heterocycles. The molecule has 3 rings (SSSR count). The number of aromatic nitrogens is 3. The minimum Gasteiger partial charge on any atom is -0.351 e. The maximum atomic E-state index is 12.6. The molecule has 12 heteroatoms. The summed E-state index contributed by atoms with van der Waals surface area (Å²) < 4.78 is 40.5. The van der Waals surface area contributed by atoms with E-state index < -0.39 is 11.9 Å². The molecule has 0 bridgehead atoms. The van der Waals surface area contributed by atoms with Gasteiger partial charge in [0.2, 0.25) is 0 Å². The van der Waals surface area contributed by atoms with E-state index in [0.29, 0.717) is 17.5 Å². The van der Waals surface area contributed by atoms with Gasteiger partial charge in [0.05, 0.1) is 18.8 Å². The molecule has 0 radical (unpaired) electrons. The molecule has 146 valence electrons. The SMILES string of the molecule is CN=C(NCc1cn2cc(Br)ccc2n1)NCc1nc(C(F)(F)F)cs1.I. The number of rotatable bonds is 4. The van der Waals surface area contributed by atoms with Crippen LogP contribution >= 0.6 is 51.2 Å². The topological polar surface area (TPSA) is 66.6 Å². The first kappa shape index (κ1) is 21.9. The minimum atomic E-state index is -4.42. The van der Waals surface area contributed by atoms with Crippen LogP contribution in [-0.2, 0) is 19.3 Å². The van der Waals surface area contributed by atoms with Crippen LogP contribution in [0.4, 0.5) is 13.2 Å². The van der Waals surface area contributed by atoms with Crippen LogP contribution in [0.15, 0.2) is 39.4 Å². The van der Waals surface area contributed by atoms with E-state index in [1.807, 2.05) is 28.9 Å². The van der Waals surface area contributed by atoms with E-state index >= 15 is 0 Å². The number of nitrogens with one attached hydrogen (secondary N) is 2. The lowest BCUT2D eigenvalue weighted by molar-refractivity contribution is -0.140. The van der Waals surface area contributed by atoms with E-state index in [-0.39, 0.29) is 30.5 Å². The molecule has 0 atom stereocenters. The van der Waals surface area contributed by atoms with Crippen LogP contribution in [0.2, 0.25) is 0 Å². The molecule has 0 fully saturated rings. The highest BCUT2D eigenvalue weighted by Gasteiger charge is 2.33. The van der Waals surface area contributed by atoms with Gasteiger partial charge < -0.3 is 15.0 Å². The Bertz CT molecular complexity index is 939. The fourth-order valence-electron chi connectivity index (χ4n) is 2.18. The van der Waals surface area contributed by atoms with Gasteiger partial charge in [0, 0.05) is 29.3 Å². The molecule has 2 N–H and O–H groups in total. The number of hydrogen-bond acceptors (Lipinski definition) is 4. The molecule has 3 heterocycles. The zero-order valence-corrected chi connectivity index (χ0v) is 18.7. The lowest BCUT2D eigenvalue weighted by atomic mass is 10.5. The summed E-state index contributed by atoms with van der Waals surface area (Å²) in [6, 6.07) is 3.80. The fourth-order valence-corrected chi connectivity index (χ4v) is 3.27. The molecular weight excluding hydrogens is 560 g/mol.